The molecule has 0 atom stereocenters. The molecule has 0 aliphatic carbocycles. The van der Waals surface area contributed by atoms with E-state index in [-0.39, 0.29) is 0 Å². The first-order valence-corrected chi connectivity index (χ1v) is 6.10. The van der Waals surface area contributed by atoms with Crippen molar-refractivity contribution in [3.8, 4) is 0 Å². The van der Waals surface area contributed by atoms with Gasteiger partial charge in [0.25, 0.3) is 5.91 Å². The second-order valence-corrected chi connectivity index (χ2v) is 4.52. The SMILES string of the molecule is Cc1ccccc1CN(C)c1ncccc1C(N)=O. The number of carbonyl (C=O) groups is 1. The predicted octanol–water partition coefficient (Wildman–Crippen LogP) is 2.13. The zero-order chi connectivity index (χ0) is 13.8. The first kappa shape index (κ1) is 13.1. The number of hydrogen-bond acceptors (Lipinski definition) is 3. The lowest BCUT2D eigenvalue weighted by molar-refractivity contribution is 0.100. The van der Waals surface area contributed by atoms with Crippen molar-refractivity contribution < 1.29 is 4.79 Å². The Bertz CT molecular complexity index is 595. The van der Waals surface area contributed by atoms with Crippen LogP contribution in [0.4, 0.5) is 5.82 Å². The van der Waals surface area contributed by atoms with E-state index in [0.29, 0.717) is 17.9 Å². The third kappa shape index (κ3) is 2.91. The van der Waals surface area contributed by atoms with Crippen molar-refractivity contribution in [3.05, 3.63) is 59.3 Å². The summed E-state index contributed by atoms with van der Waals surface area (Å²) in [5.41, 5.74) is 8.23. The number of aromatic nitrogens is 1. The predicted molar refractivity (Wildman–Crippen MR) is 76.0 cm³/mol. The number of amides is 1. The number of aryl methyl sites for hydroxylation is 1. The van der Waals surface area contributed by atoms with Gasteiger partial charge in [0.05, 0.1) is 5.56 Å². The van der Waals surface area contributed by atoms with Gasteiger partial charge < -0.3 is 10.6 Å². The fourth-order valence-corrected chi connectivity index (χ4v) is 2.01. The zero-order valence-corrected chi connectivity index (χ0v) is 11.1. The molecule has 98 valence electrons. The Morgan fingerprint density at radius 3 is 2.68 bits per heavy atom. The third-order valence-electron chi connectivity index (χ3n) is 3.08. The molecule has 0 saturated heterocycles. The minimum absolute atomic E-state index is 0.443. The van der Waals surface area contributed by atoms with Gasteiger partial charge in [-0.25, -0.2) is 4.98 Å². The third-order valence-corrected chi connectivity index (χ3v) is 3.08. The Morgan fingerprint density at radius 2 is 2.00 bits per heavy atom. The zero-order valence-electron chi connectivity index (χ0n) is 11.1. The Hall–Kier alpha value is -2.36. The van der Waals surface area contributed by atoms with Crippen LogP contribution in [-0.2, 0) is 6.54 Å². The van der Waals surface area contributed by atoms with E-state index in [9.17, 15) is 4.79 Å². The van der Waals surface area contributed by atoms with Crippen LogP contribution in [0.2, 0.25) is 0 Å². The van der Waals surface area contributed by atoms with Crippen molar-refractivity contribution in [2.45, 2.75) is 13.5 Å². The number of anilines is 1. The van der Waals surface area contributed by atoms with Gasteiger partial charge in [-0.15, -0.1) is 0 Å². The summed E-state index contributed by atoms with van der Waals surface area (Å²) in [4.78, 5) is 17.6. The Morgan fingerprint density at radius 1 is 1.26 bits per heavy atom. The van der Waals surface area contributed by atoms with Crippen LogP contribution in [0.1, 0.15) is 21.5 Å². The van der Waals surface area contributed by atoms with Crippen molar-refractivity contribution in [1.29, 1.82) is 0 Å². The van der Waals surface area contributed by atoms with Crippen LogP contribution < -0.4 is 10.6 Å². The molecule has 0 saturated carbocycles. The maximum atomic E-state index is 11.4. The lowest BCUT2D eigenvalue weighted by atomic mass is 10.1. The maximum Gasteiger partial charge on any atom is 0.252 e. The van der Waals surface area contributed by atoms with Crippen molar-refractivity contribution >= 4 is 11.7 Å². The highest BCUT2D eigenvalue weighted by Crippen LogP contribution is 2.18. The van der Waals surface area contributed by atoms with Gasteiger partial charge in [0, 0.05) is 19.8 Å². The second kappa shape index (κ2) is 5.52. The molecule has 0 fully saturated rings. The molecule has 19 heavy (non-hydrogen) atoms. The monoisotopic (exact) mass is 255 g/mol. The van der Waals surface area contributed by atoms with Gasteiger partial charge in [-0.2, -0.15) is 0 Å². The number of nitrogens with two attached hydrogens (primary N) is 1. The van der Waals surface area contributed by atoms with Gasteiger partial charge in [-0.05, 0) is 30.2 Å². The van der Waals surface area contributed by atoms with Gasteiger partial charge >= 0.3 is 0 Å². The van der Waals surface area contributed by atoms with Gasteiger partial charge in [-0.3, -0.25) is 4.79 Å². The normalized spacial score (nSPS) is 10.2. The van der Waals surface area contributed by atoms with Crippen molar-refractivity contribution in [3.63, 3.8) is 0 Å². The molecule has 1 heterocycles. The van der Waals surface area contributed by atoms with Crippen LogP contribution in [0.5, 0.6) is 0 Å². The summed E-state index contributed by atoms with van der Waals surface area (Å²) in [7, 11) is 1.90. The van der Waals surface area contributed by atoms with Crippen molar-refractivity contribution in [2.75, 3.05) is 11.9 Å². The quantitative estimate of drug-likeness (QED) is 0.910. The minimum Gasteiger partial charge on any atom is -0.365 e. The average Bonchev–Trinajstić information content (AvgIpc) is 2.41. The highest BCUT2D eigenvalue weighted by atomic mass is 16.1. The number of rotatable bonds is 4. The van der Waals surface area contributed by atoms with E-state index < -0.39 is 5.91 Å². The van der Waals surface area contributed by atoms with E-state index in [1.54, 1.807) is 18.3 Å². The molecule has 0 bridgehead atoms. The lowest BCUT2D eigenvalue weighted by Gasteiger charge is -2.21. The maximum absolute atomic E-state index is 11.4. The summed E-state index contributed by atoms with van der Waals surface area (Å²) in [6.45, 7) is 2.75. The number of pyridine rings is 1. The molecule has 0 aliphatic heterocycles. The van der Waals surface area contributed by atoms with Crippen LogP contribution in [-0.4, -0.2) is 17.9 Å². The number of hydrogen-bond donors (Lipinski definition) is 1. The number of benzene rings is 1. The van der Waals surface area contributed by atoms with Crippen LogP contribution in [0.25, 0.3) is 0 Å². The molecule has 2 rings (SSSR count). The van der Waals surface area contributed by atoms with Crippen LogP contribution in [0, 0.1) is 6.92 Å². The summed E-state index contributed by atoms with van der Waals surface area (Å²) in [6, 6.07) is 11.6. The van der Waals surface area contributed by atoms with Gasteiger partial charge in [0.2, 0.25) is 0 Å². The molecule has 1 aromatic carbocycles. The fourth-order valence-electron chi connectivity index (χ4n) is 2.01. The van der Waals surface area contributed by atoms with Gasteiger partial charge in [0.15, 0.2) is 0 Å². The Labute approximate surface area is 112 Å². The standard InChI is InChI=1S/C15H17N3O/c1-11-6-3-4-7-12(11)10-18(2)15-13(14(16)19)8-5-9-17-15/h3-9H,10H2,1-2H3,(H2,16,19). The van der Waals surface area contributed by atoms with Gasteiger partial charge in [-0.1, -0.05) is 24.3 Å². The topological polar surface area (TPSA) is 59.2 Å². The summed E-state index contributed by atoms with van der Waals surface area (Å²) in [5.74, 6) is 0.151. The highest BCUT2D eigenvalue weighted by molar-refractivity contribution is 5.97. The van der Waals surface area contributed by atoms with Crippen LogP contribution in [0.15, 0.2) is 42.6 Å². The van der Waals surface area contributed by atoms with Crippen molar-refractivity contribution in [2.24, 2.45) is 5.73 Å². The molecule has 0 radical (unpaired) electrons. The van der Waals surface area contributed by atoms with E-state index in [1.165, 1.54) is 11.1 Å². The fraction of sp³-hybridized carbons (Fsp3) is 0.200. The first-order valence-electron chi connectivity index (χ1n) is 6.10. The summed E-state index contributed by atoms with van der Waals surface area (Å²) < 4.78 is 0. The molecule has 1 aromatic heterocycles. The van der Waals surface area contributed by atoms with Crippen LogP contribution in [0.3, 0.4) is 0 Å². The first-order chi connectivity index (χ1) is 9.09. The highest BCUT2D eigenvalue weighted by Gasteiger charge is 2.13. The number of nitrogens with zero attached hydrogens (tertiary/aromatic N) is 2. The average molecular weight is 255 g/mol. The number of carbonyl (C=O) groups excluding carboxylic acids is 1. The number of primary amides is 1. The molecule has 4 nitrogen and oxygen atoms in total. The Kier molecular flexibility index (Phi) is 3.80. The second-order valence-electron chi connectivity index (χ2n) is 4.52. The summed E-state index contributed by atoms with van der Waals surface area (Å²) in [6.07, 6.45) is 1.66. The van der Waals surface area contributed by atoms with E-state index in [0.717, 1.165) is 0 Å². The van der Waals surface area contributed by atoms with E-state index in [1.807, 2.05) is 24.1 Å². The Balaban J connectivity index is 2.28. The molecule has 2 aromatic rings. The smallest absolute Gasteiger partial charge is 0.252 e. The van der Waals surface area contributed by atoms with Crippen molar-refractivity contribution in [1.82, 2.24) is 4.98 Å². The molecule has 0 aliphatic rings. The van der Waals surface area contributed by atoms with E-state index in [4.69, 9.17) is 5.73 Å². The molecule has 0 spiro atoms. The van der Waals surface area contributed by atoms with E-state index in [2.05, 4.69) is 24.0 Å². The summed E-state index contributed by atoms with van der Waals surface area (Å²) in [5, 5.41) is 0. The van der Waals surface area contributed by atoms with Gasteiger partial charge in [0.1, 0.15) is 5.82 Å². The molecule has 1 amide bonds. The summed E-state index contributed by atoms with van der Waals surface area (Å²) >= 11 is 0. The molecular formula is C15H17N3O. The van der Waals surface area contributed by atoms with Crippen LogP contribution >= 0.6 is 0 Å². The lowest BCUT2D eigenvalue weighted by Crippen LogP contribution is -2.23. The molecular weight excluding hydrogens is 238 g/mol. The largest absolute Gasteiger partial charge is 0.365 e. The molecule has 2 N–H and O–H groups in total. The van der Waals surface area contributed by atoms with E-state index >= 15 is 0 Å². The molecule has 0 unspecified atom stereocenters. The minimum atomic E-state index is -0.459. The molecule has 4 heteroatoms.